The van der Waals surface area contributed by atoms with Gasteiger partial charge in [0.2, 0.25) is 0 Å². The molecule has 5 nitrogen and oxygen atoms in total. The maximum absolute atomic E-state index is 13.5. The summed E-state index contributed by atoms with van der Waals surface area (Å²) in [5.41, 5.74) is 1.78. The molecule has 6 rings (SSSR count). The largest absolute Gasteiger partial charge is 0.390 e. The highest BCUT2D eigenvalue weighted by atomic mass is 32.2. The van der Waals surface area contributed by atoms with E-state index < -0.39 is 16.1 Å². The molecule has 4 aliphatic rings. The summed E-state index contributed by atoms with van der Waals surface area (Å²) in [6.07, 6.45) is 6.95. The Morgan fingerprint density at radius 3 is 2.09 bits per heavy atom. The van der Waals surface area contributed by atoms with Crippen molar-refractivity contribution in [3.8, 4) is 0 Å². The number of anilines is 1. The van der Waals surface area contributed by atoms with Gasteiger partial charge in [-0.25, -0.2) is 8.42 Å². The first-order valence-electron chi connectivity index (χ1n) is 11.9. The normalized spacial score (nSPS) is 29.8. The van der Waals surface area contributed by atoms with E-state index in [1.165, 1.54) is 42.8 Å². The summed E-state index contributed by atoms with van der Waals surface area (Å²) in [5, 5.41) is 14.7. The fourth-order valence-electron chi connectivity index (χ4n) is 6.69. The molecule has 1 atom stereocenters. The number of rotatable bonds is 8. The Morgan fingerprint density at radius 2 is 1.53 bits per heavy atom. The van der Waals surface area contributed by atoms with Crippen LogP contribution in [0.3, 0.4) is 0 Å². The number of β-amino-alcohol motifs (C(OH)–C–C–N with tert-alkyl or cyclic N) is 1. The Balaban J connectivity index is 1.33. The minimum atomic E-state index is -3.78. The van der Waals surface area contributed by atoms with Gasteiger partial charge in [0.15, 0.2) is 0 Å². The van der Waals surface area contributed by atoms with Crippen LogP contribution >= 0.6 is 0 Å². The number of aryl methyl sites for hydroxylation is 1. The topological polar surface area (TPSA) is 69.6 Å². The van der Waals surface area contributed by atoms with Crippen LogP contribution in [0.2, 0.25) is 0 Å². The van der Waals surface area contributed by atoms with Gasteiger partial charge in [-0.1, -0.05) is 35.9 Å². The van der Waals surface area contributed by atoms with Crippen molar-refractivity contribution >= 4 is 15.7 Å². The van der Waals surface area contributed by atoms with Crippen LogP contribution in [0.25, 0.3) is 0 Å². The molecule has 6 heteroatoms. The van der Waals surface area contributed by atoms with E-state index in [2.05, 4.69) is 5.32 Å². The molecule has 4 saturated carbocycles. The first-order chi connectivity index (χ1) is 15.3. The Hall–Kier alpha value is -1.89. The van der Waals surface area contributed by atoms with Crippen molar-refractivity contribution in [2.45, 2.75) is 62.0 Å². The molecule has 0 amide bonds. The van der Waals surface area contributed by atoms with Gasteiger partial charge >= 0.3 is 0 Å². The minimum absolute atomic E-state index is 0.0274. The number of aliphatic hydroxyl groups excluding tert-OH is 1. The average molecular weight is 455 g/mol. The molecule has 0 heterocycles. The van der Waals surface area contributed by atoms with Crippen molar-refractivity contribution in [1.29, 1.82) is 0 Å². The molecular formula is C26H34N2O3S. The van der Waals surface area contributed by atoms with Crippen LogP contribution in [0, 0.1) is 24.7 Å². The summed E-state index contributed by atoms with van der Waals surface area (Å²) in [6, 6.07) is 15.9. The van der Waals surface area contributed by atoms with Crippen LogP contribution in [-0.2, 0) is 10.0 Å². The second-order valence-electron chi connectivity index (χ2n) is 10.4. The van der Waals surface area contributed by atoms with Gasteiger partial charge in [0, 0.05) is 12.1 Å². The second-order valence-corrected chi connectivity index (χ2v) is 12.3. The number of nitrogens with zero attached hydrogens (tertiary/aromatic N) is 1. The van der Waals surface area contributed by atoms with E-state index in [4.69, 9.17) is 0 Å². The second kappa shape index (κ2) is 8.47. The van der Waals surface area contributed by atoms with Gasteiger partial charge in [0.05, 0.1) is 23.2 Å². The monoisotopic (exact) mass is 454 g/mol. The third-order valence-corrected chi connectivity index (χ3v) is 9.59. The van der Waals surface area contributed by atoms with Crippen molar-refractivity contribution in [2.24, 2.45) is 17.8 Å². The number of hydrogen-bond acceptors (Lipinski definition) is 4. The van der Waals surface area contributed by atoms with Crippen molar-refractivity contribution in [2.75, 3.05) is 17.4 Å². The number of sulfonamides is 1. The summed E-state index contributed by atoms with van der Waals surface area (Å²) in [5.74, 6) is 2.48. The van der Waals surface area contributed by atoms with E-state index >= 15 is 0 Å². The molecule has 0 aliphatic heterocycles. The molecule has 0 spiro atoms. The van der Waals surface area contributed by atoms with E-state index in [1.807, 2.05) is 31.2 Å². The van der Waals surface area contributed by atoms with Gasteiger partial charge in [-0.2, -0.15) is 0 Å². The molecule has 4 aliphatic carbocycles. The van der Waals surface area contributed by atoms with E-state index in [9.17, 15) is 13.5 Å². The molecule has 4 bridgehead atoms. The van der Waals surface area contributed by atoms with Crippen LogP contribution < -0.4 is 9.62 Å². The average Bonchev–Trinajstić information content (AvgIpc) is 2.76. The lowest BCUT2D eigenvalue weighted by atomic mass is 9.53. The third-order valence-electron chi connectivity index (χ3n) is 7.78. The third kappa shape index (κ3) is 4.33. The molecule has 32 heavy (non-hydrogen) atoms. The fourth-order valence-corrected chi connectivity index (χ4v) is 8.21. The summed E-state index contributed by atoms with van der Waals surface area (Å²) < 4.78 is 28.3. The van der Waals surface area contributed by atoms with Gasteiger partial charge in [-0.3, -0.25) is 4.31 Å². The SMILES string of the molecule is Cc1ccc(N(CC(O)CNC23CC4CC(CC(C4)C2)C3)S(=O)(=O)c2ccccc2)cc1. The van der Waals surface area contributed by atoms with Crippen molar-refractivity contribution < 1.29 is 13.5 Å². The molecule has 0 radical (unpaired) electrons. The van der Waals surface area contributed by atoms with E-state index in [-0.39, 0.29) is 17.0 Å². The molecule has 2 aromatic rings. The minimum Gasteiger partial charge on any atom is -0.390 e. The first-order valence-corrected chi connectivity index (χ1v) is 13.3. The zero-order valence-electron chi connectivity index (χ0n) is 18.8. The lowest BCUT2D eigenvalue weighted by Gasteiger charge is -2.57. The Labute approximate surface area is 191 Å². The molecule has 172 valence electrons. The van der Waals surface area contributed by atoms with Crippen molar-refractivity contribution in [1.82, 2.24) is 5.32 Å². The zero-order valence-corrected chi connectivity index (χ0v) is 19.6. The van der Waals surface area contributed by atoms with Crippen LogP contribution in [0.1, 0.15) is 44.1 Å². The Morgan fingerprint density at radius 1 is 0.969 bits per heavy atom. The number of benzene rings is 2. The predicted octanol–water partition coefficient (Wildman–Crippen LogP) is 4.11. The van der Waals surface area contributed by atoms with Crippen molar-refractivity contribution in [3.63, 3.8) is 0 Å². The maximum atomic E-state index is 13.5. The smallest absolute Gasteiger partial charge is 0.264 e. The summed E-state index contributed by atoms with van der Waals surface area (Å²) in [4.78, 5) is 0.238. The summed E-state index contributed by atoms with van der Waals surface area (Å²) in [7, 11) is -3.78. The standard InChI is InChI=1S/C26H34N2O3S/c1-19-7-9-23(10-8-19)28(32(30,31)25-5-3-2-4-6-25)18-24(29)17-27-26-14-20-11-21(15-26)13-22(12-20)16-26/h2-10,20-22,24,27,29H,11-18H2,1H3. The highest BCUT2D eigenvalue weighted by molar-refractivity contribution is 7.92. The van der Waals surface area contributed by atoms with E-state index in [0.717, 1.165) is 23.3 Å². The predicted molar refractivity (Wildman–Crippen MR) is 127 cm³/mol. The fraction of sp³-hybridized carbons (Fsp3) is 0.538. The van der Waals surface area contributed by atoms with Crippen LogP contribution in [0.5, 0.6) is 0 Å². The Bertz CT molecular complexity index is 1000. The zero-order chi connectivity index (χ0) is 22.3. The molecule has 4 fully saturated rings. The Kier molecular flexibility index (Phi) is 5.81. The number of nitrogens with one attached hydrogen (secondary N) is 1. The maximum Gasteiger partial charge on any atom is 0.264 e. The van der Waals surface area contributed by atoms with Crippen LogP contribution in [0.15, 0.2) is 59.5 Å². The van der Waals surface area contributed by atoms with Gasteiger partial charge in [0.1, 0.15) is 0 Å². The van der Waals surface area contributed by atoms with Gasteiger partial charge in [0.25, 0.3) is 10.0 Å². The van der Waals surface area contributed by atoms with Crippen LogP contribution in [-0.4, -0.2) is 38.3 Å². The molecule has 2 N–H and O–H groups in total. The molecule has 0 aromatic heterocycles. The molecule has 0 saturated heterocycles. The van der Waals surface area contributed by atoms with E-state index in [0.29, 0.717) is 12.2 Å². The van der Waals surface area contributed by atoms with E-state index in [1.54, 1.807) is 30.3 Å². The van der Waals surface area contributed by atoms with Gasteiger partial charge in [-0.05, 0) is 87.5 Å². The quantitative estimate of drug-likeness (QED) is 0.630. The summed E-state index contributed by atoms with van der Waals surface area (Å²) >= 11 is 0. The highest BCUT2D eigenvalue weighted by Crippen LogP contribution is 2.55. The number of aliphatic hydroxyl groups is 1. The highest BCUT2D eigenvalue weighted by Gasteiger charge is 2.50. The van der Waals surface area contributed by atoms with Crippen LogP contribution in [0.4, 0.5) is 5.69 Å². The van der Waals surface area contributed by atoms with Crippen molar-refractivity contribution in [3.05, 3.63) is 60.2 Å². The first kappa shape index (κ1) is 21.9. The lowest BCUT2D eigenvalue weighted by Crippen LogP contribution is -2.60. The molecule has 1 unspecified atom stereocenters. The lowest BCUT2D eigenvalue weighted by molar-refractivity contribution is -0.0242. The summed E-state index contributed by atoms with van der Waals surface area (Å²) in [6.45, 7) is 2.42. The molecular weight excluding hydrogens is 420 g/mol. The number of hydrogen-bond donors (Lipinski definition) is 2. The molecule has 2 aromatic carbocycles. The van der Waals surface area contributed by atoms with Gasteiger partial charge in [-0.15, -0.1) is 0 Å². The van der Waals surface area contributed by atoms with Gasteiger partial charge < -0.3 is 10.4 Å².